The quantitative estimate of drug-likeness (QED) is 0.667. The monoisotopic (exact) mass is 179 g/mol. The van der Waals surface area contributed by atoms with E-state index in [1.54, 1.807) is 0 Å². The standard InChI is InChI=1S/C8H15F2NO/c9-7(10)6-1-3-8(11,5-12)4-2-6/h6-7,12H,1-5,11H2. The number of aliphatic hydroxyl groups is 1. The zero-order chi connectivity index (χ0) is 9.19. The maximum absolute atomic E-state index is 12.2. The van der Waals surface area contributed by atoms with Crippen LogP contribution in [0.25, 0.3) is 0 Å². The van der Waals surface area contributed by atoms with Crippen LogP contribution < -0.4 is 5.73 Å². The molecule has 0 radical (unpaired) electrons. The highest BCUT2D eigenvalue weighted by atomic mass is 19.3. The van der Waals surface area contributed by atoms with Gasteiger partial charge in [0.05, 0.1) is 6.61 Å². The molecule has 0 atom stereocenters. The molecule has 4 heteroatoms. The molecule has 0 aromatic carbocycles. The highest BCUT2D eigenvalue weighted by molar-refractivity contribution is 4.89. The van der Waals surface area contributed by atoms with Crippen LogP contribution in [-0.2, 0) is 0 Å². The molecule has 0 bridgehead atoms. The molecule has 0 spiro atoms. The molecule has 2 nitrogen and oxygen atoms in total. The Bertz CT molecular complexity index is 144. The van der Waals surface area contributed by atoms with E-state index in [1.165, 1.54) is 0 Å². The van der Waals surface area contributed by atoms with Crippen molar-refractivity contribution in [3.63, 3.8) is 0 Å². The van der Waals surface area contributed by atoms with E-state index in [1.807, 2.05) is 0 Å². The molecule has 0 aliphatic heterocycles. The van der Waals surface area contributed by atoms with E-state index in [4.69, 9.17) is 10.8 Å². The van der Waals surface area contributed by atoms with Crippen molar-refractivity contribution in [2.75, 3.05) is 6.61 Å². The summed E-state index contributed by atoms with van der Waals surface area (Å²) in [6.45, 7) is -0.0943. The van der Waals surface area contributed by atoms with Gasteiger partial charge in [0.25, 0.3) is 0 Å². The molecule has 0 amide bonds. The van der Waals surface area contributed by atoms with Gasteiger partial charge in [0, 0.05) is 11.5 Å². The van der Waals surface area contributed by atoms with Crippen molar-refractivity contribution in [2.45, 2.75) is 37.6 Å². The Morgan fingerprint density at radius 3 is 2.25 bits per heavy atom. The lowest BCUT2D eigenvalue weighted by atomic mass is 9.78. The third-order valence-electron chi connectivity index (χ3n) is 2.70. The van der Waals surface area contributed by atoms with Crippen molar-refractivity contribution in [1.29, 1.82) is 0 Å². The van der Waals surface area contributed by atoms with Gasteiger partial charge in [-0.25, -0.2) is 8.78 Å². The lowest BCUT2D eigenvalue weighted by molar-refractivity contribution is 0.0313. The van der Waals surface area contributed by atoms with Gasteiger partial charge in [0.15, 0.2) is 0 Å². The number of hydrogen-bond donors (Lipinski definition) is 2. The fourth-order valence-corrected chi connectivity index (χ4v) is 1.63. The second-order valence-electron chi connectivity index (χ2n) is 3.69. The topological polar surface area (TPSA) is 46.2 Å². The number of rotatable bonds is 2. The predicted octanol–water partition coefficient (Wildman–Crippen LogP) is 1.13. The molecular formula is C8H15F2NO. The molecule has 1 aliphatic carbocycles. The van der Waals surface area contributed by atoms with Gasteiger partial charge in [-0.1, -0.05) is 0 Å². The van der Waals surface area contributed by atoms with Crippen molar-refractivity contribution in [2.24, 2.45) is 11.7 Å². The van der Waals surface area contributed by atoms with E-state index in [0.717, 1.165) is 0 Å². The zero-order valence-corrected chi connectivity index (χ0v) is 6.97. The van der Waals surface area contributed by atoms with E-state index in [0.29, 0.717) is 25.7 Å². The van der Waals surface area contributed by atoms with Gasteiger partial charge >= 0.3 is 0 Å². The van der Waals surface area contributed by atoms with Crippen molar-refractivity contribution >= 4 is 0 Å². The molecule has 0 heterocycles. The summed E-state index contributed by atoms with van der Waals surface area (Å²) in [4.78, 5) is 0. The minimum Gasteiger partial charge on any atom is -0.394 e. The average Bonchev–Trinajstić information content (AvgIpc) is 2.05. The zero-order valence-electron chi connectivity index (χ0n) is 6.97. The smallest absolute Gasteiger partial charge is 0.241 e. The summed E-state index contributed by atoms with van der Waals surface area (Å²) in [5, 5.41) is 8.86. The lowest BCUT2D eigenvalue weighted by Gasteiger charge is -2.35. The summed E-state index contributed by atoms with van der Waals surface area (Å²) in [5.74, 6) is -0.506. The molecule has 1 saturated carbocycles. The van der Waals surface area contributed by atoms with Crippen LogP contribution in [0.1, 0.15) is 25.7 Å². The van der Waals surface area contributed by atoms with Crippen LogP contribution in [0.2, 0.25) is 0 Å². The van der Waals surface area contributed by atoms with Crippen molar-refractivity contribution in [1.82, 2.24) is 0 Å². The van der Waals surface area contributed by atoms with Gasteiger partial charge in [-0.3, -0.25) is 0 Å². The fourth-order valence-electron chi connectivity index (χ4n) is 1.63. The summed E-state index contributed by atoms with van der Waals surface area (Å²) < 4.78 is 24.3. The van der Waals surface area contributed by atoms with Crippen LogP contribution in [0.3, 0.4) is 0 Å². The van der Waals surface area contributed by atoms with Crippen molar-refractivity contribution in [3.8, 4) is 0 Å². The maximum Gasteiger partial charge on any atom is 0.241 e. The summed E-state index contributed by atoms with van der Waals surface area (Å²) in [6, 6.07) is 0. The van der Waals surface area contributed by atoms with Gasteiger partial charge in [-0.15, -0.1) is 0 Å². The number of hydrogen-bond acceptors (Lipinski definition) is 2. The number of halogens is 2. The Balaban J connectivity index is 2.39. The van der Waals surface area contributed by atoms with Crippen LogP contribution in [-0.4, -0.2) is 23.7 Å². The van der Waals surface area contributed by atoms with E-state index >= 15 is 0 Å². The Morgan fingerprint density at radius 2 is 1.92 bits per heavy atom. The number of aliphatic hydroxyl groups excluding tert-OH is 1. The molecule has 0 saturated heterocycles. The molecule has 1 fully saturated rings. The maximum atomic E-state index is 12.2. The van der Waals surface area contributed by atoms with Gasteiger partial charge in [0.1, 0.15) is 0 Å². The lowest BCUT2D eigenvalue weighted by Crippen LogP contribution is -2.47. The average molecular weight is 179 g/mol. The number of nitrogens with two attached hydrogens (primary N) is 1. The first kappa shape index (κ1) is 9.86. The molecule has 1 rings (SSSR count). The van der Waals surface area contributed by atoms with E-state index in [-0.39, 0.29) is 6.61 Å². The molecule has 12 heavy (non-hydrogen) atoms. The van der Waals surface area contributed by atoms with Crippen LogP contribution in [0.4, 0.5) is 8.78 Å². The third-order valence-corrected chi connectivity index (χ3v) is 2.70. The van der Waals surface area contributed by atoms with E-state index in [9.17, 15) is 8.78 Å². The number of alkyl halides is 2. The fraction of sp³-hybridized carbons (Fsp3) is 1.00. The summed E-state index contributed by atoms with van der Waals surface area (Å²) >= 11 is 0. The Hall–Kier alpha value is -0.220. The summed E-state index contributed by atoms with van der Waals surface area (Å²) in [6.07, 6.45) is -0.325. The van der Waals surface area contributed by atoms with Crippen molar-refractivity contribution in [3.05, 3.63) is 0 Å². The van der Waals surface area contributed by atoms with Gasteiger partial charge < -0.3 is 10.8 Å². The predicted molar refractivity (Wildman–Crippen MR) is 42.0 cm³/mol. The van der Waals surface area contributed by atoms with Crippen LogP contribution in [0, 0.1) is 5.92 Å². The normalized spacial score (nSPS) is 37.2. The summed E-state index contributed by atoms with van der Waals surface area (Å²) in [5.41, 5.74) is 5.13. The molecule has 3 N–H and O–H groups in total. The molecule has 0 aromatic rings. The third kappa shape index (κ3) is 2.14. The van der Waals surface area contributed by atoms with Crippen LogP contribution in [0.15, 0.2) is 0 Å². The van der Waals surface area contributed by atoms with Crippen LogP contribution >= 0.6 is 0 Å². The molecule has 1 aliphatic rings. The minimum absolute atomic E-state index is 0.0943. The highest BCUT2D eigenvalue weighted by Gasteiger charge is 2.34. The first-order chi connectivity index (χ1) is 5.57. The first-order valence-corrected chi connectivity index (χ1v) is 4.25. The molecular weight excluding hydrogens is 164 g/mol. The molecule has 0 aromatic heterocycles. The SMILES string of the molecule is NC1(CO)CCC(C(F)F)CC1. The Morgan fingerprint density at radius 1 is 1.42 bits per heavy atom. The van der Waals surface area contributed by atoms with Gasteiger partial charge in [0.2, 0.25) is 6.43 Å². The molecule has 0 unspecified atom stereocenters. The van der Waals surface area contributed by atoms with E-state index in [2.05, 4.69) is 0 Å². The second-order valence-corrected chi connectivity index (χ2v) is 3.69. The minimum atomic E-state index is -2.23. The largest absolute Gasteiger partial charge is 0.394 e. The first-order valence-electron chi connectivity index (χ1n) is 4.25. The Labute approximate surface area is 70.8 Å². The second kappa shape index (κ2) is 3.66. The van der Waals surface area contributed by atoms with Gasteiger partial charge in [-0.2, -0.15) is 0 Å². The van der Waals surface area contributed by atoms with Crippen LogP contribution in [0.5, 0.6) is 0 Å². The van der Waals surface area contributed by atoms with Gasteiger partial charge in [-0.05, 0) is 25.7 Å². The molecule has 72 valence electrons. The van der Waals surface area contributed by atoms with E-state index < -0.39 is 17.9 Å². The Kier molecular flexibility index (Phi) is 3.01. The van der Waals surface area contributed by atoms with Crippen molar-refractivity contribution < 1.29 is 13.9 Å². The summed E-state index contributed by atoms with van der Waals surface area (Å²) in [7, 11) is 0. The highest BCUT2D eigenvalue weighted by Crippen LogP contribution is 2.33.